The number of rotatable bonds is 4. The number of hydrogen-bond acceptors (Lipinski definition) is 3. The highest BCUT2D eigenvalue weighted by Crippen LogP contribution is 2.33. The fraction of sp³-hybridized carbons (Fsp3) is 0.176. The van der Waals surface area contributed by atoms with Crippen LogP contribution in [0.1, 0.15) is 12.6 Å². The SMILES string of the molecule is CCOc1cccc(-c2n[nH]c(C)c2-c2ccccn2)c1. The zero-order chi connectivity index (χ0) is 14.7. The monoisotopic (exact) mass is 279 g/mol. The zero-order valence-electron chi connectivity index (χ0n) is 12.1. The lowest BCUT2D eigenvalue weighted by Gasteiger charge is -2.06. The first-order valence-electron chi connectivity index (χ1n) is 6.99. The summed E-state index contributed by atoms with van der Waals surface area (Å²) in [6, 6.07) is 13.9. The fourth-order valence-corrected chi connectivity index (χ4v) is 2.36. The third kappa shape index (κ3) is 2.65. The standard InChI is InChI=1S/C17H17N3O/c1-3-21-14-8-6-7-13(11-14)17-16(12(2)19-20-17)15-9-4-5-10-18-15/h4-11H,3H2,1-2H3,(H,19,20). The molecule has 0 bridgehead atoms. The molecule has 0 spiro atoms. The van der Waals surface area contributed by atoms with Crippen molar-refractivity contribution in [3.05, 3.63) is 54.4 Å². The highest BCUT2D eigenvalue weighted by atomic mass is 16.5. The molecular formula is C17H17N3O. The molecular weight excluding hydrogens is 262 g/mol. The smallest absolute Gasteiger partial charge is 0.119 e. The van der Waals surface area contributed by atoms with E-state index in [0.29, 0.717) is 6.61 Å². The Morgan fingerprint density at radius 3 is 2.81 bits per heavy atom. The first kappa shape index (κ1) is 13.4. The Balaban J connectivity index is 2.10. The van der Waals surface area contributed by atoms with E-state index in [1.165, 1.54) is 0 Å². The Kier molecular flexibility index (Phi) is 3.69. The predicted molar refractivity (Wildman–Crippen MR) is 83.2 cm³/mol. The van der Waals surface area contributed by atoms with Gasteiger partial charge in [0.05, 0.1) is 12.3 Å². The minimum absolute atomic E-state index is 0.649. The van der Waals surface area contributed by atoms with Crippen molar-refractivity contribution < 1.29 is 4.74 Å². The molecule has 2 heterocycles. The molecule has 3 rings (SSSR count). The Morgan fingerprint density at radius 1 is 1.14 bits per heavy atom. The Labute approximate surface area is 123 Å². The van der Waals surface area contributed by atoms with Gasteiger partial charge in [-0.25, -0.2) is 0 Å². The minimum atomic E-state index is 0.649. The molecule has 3 aromatic rings. The van der Waals surface area contributed by atoms with Gasteiger partial charge in [0, 0.05) is 23.0 Å². The number of ether oxygens (including phenoxy) is 1. The summed E-state index contributed by atoms with van der Waals surface area (Å²) in [6.45, 7) is 4.63. The Hall–Kier alpha value is -2.62. The molecule has 1 N–H and O–H groups in total. The number of hydrogen-bond donors (Lipinski definition) is 1. The highest BCUT2D eigenvalue weighted by molar-refractivity contribution is 5.81. The van der Waals surface area contributed by atoms with Gasteiger partial charge in [-0.3, -0.25) is 10.1 Å². The molecule has 2 aromatic heterocycles. The largest absolute Gasteiger partial charge is 0.494 e. The van der Waals surface area contributed by atoms with Crippen LogP contribution in [0.5, 0.6) is 5.75 Å². The van der Waals surface area contributed by atoms with E-state index >= 15 is 0 Å². The van der Waals surface area contributed by atoms with Crippen LogP contribution in [-0.4, -0.2) is 21.8 Å². The summed E-state index contributed by atoms with van der Waals surface area (Å²) >= 11 is 0. The van der Waals surface area contributed by atoms with Crippen molar-refractivity contribution >= 4 is 0 Å². The van der Waals surface area contributed by atoms with Crippen LogP contribution < -0.4 is 4.74 Å². The van der Waals surface area contributed by atoms with Crippen LogP contribution in [-0.2, 0) is 0 Å². The van der Waals surface area contributed by atoms with Crippen LogP contribution in [0.2, 0.25) is 0 Å². The van der Waals surface area contributed by atoms with Crippen molar-refractivity contribution in [2.75, 3.05) is 6.61 Å². The molecule has 0 aliphatic heterocycles. The summed E-state index contributed by atoms with van der Waals surface area (Å²) in [6.07, 6.45) is 1.79. The number of H-pyrrole nitrogens is 1. The summed E-state index contributed by atoms with van der Waals surface area (Å²) in [4.78, 5) is 4.44. The van der Waals surface area contributed by atoms with Crippen molar-refractivity contribution in [1.29, 1.82) is 0 Å². The van der Waals surface area contributed by atoms with E-state index in [1.54, 1.807) is 6.20 Å². The predicted octanol–water partition coefficient (Wildman–Crippen LogP) is 3.85. The number of aromatic nitrogens is 3. The molecule has 0 aliphatic carbocycles. The molecule has 0 fully saturated rings. The van der Waals surface area contributed by atoms with Crippen LogP contribution in [0.4, 0.5) is 0 Å². The second-order valence-electron chi connectivity index (χ2n) is 4.75. The lowest BCUT2D eigenvalue weighted by atomic mass is 10.0. The molecule has 0 saturated carbocycles. The highest BCUT2D eigenvalue weighted by Gasteiger charge is 2.15. The average Bonchev–Trinajstić information content (AvgIpc) is 2.90. The third-order valence-corrected chi connectivity index (χ3v) is 3.29. The molecule has 0 atom stereocenters. The first-order valence-corrected chi connectivity index (χ1v) is 6.99. The molecule has 0 aliphatic rings. The lowest BCUT2D eigenvalue weighted by molar-refractivity contribution is 0.340. The molecule has 21 heavy (non-hydrogen) atoms. The van der Waals surface area contributed by atoms with E-state index in [9.17, 15) is 0 Å². The topological polar surface area (TPSA) is 50.8 Å². The van der Waals surface area contributed by atoms with E-state index in [2.05, 4.69) is 15.2 Å². The van der Waals surface area contributed by atoms with Gasteiger partial charge in [0.25, 0.3) is 0 Å². The lowest BCUT2D eigenvalue weighted by Crippen LogP contribution is -1.92. The summed E-state index contributed by atoms with van der Waals surface area (Å²) in [5, 5.41) is 7.50. The van der Waals surface area contributed by atoms with Gasteiger partial charge in [-0.1, -0.05) is 18.2 Å². The first-order chi connectivity index (χ1) is 10.3. The van der Waals surface area contributed by atoms with Crippen molar-refractivity contribution in [3.63, 3.8) is 0 Å². The average molecular weight is 279 g/mol. The number of aryl methyl sites for hydroxylation is 1. The van der Waals surface area contributed by atoms with Gasteiger partial charge >= 0.3 is 0 Å². The maximum atomic E-state index is 5.57. The second kappa shape index (κ2) is 5.79. The number of nitrogens with one attached hydrogen (secondary N) is 1. The Morgan fingerprint density at radius 2 is 2.05 bits per heavy atom. The van der Waals surface area contributed by atoms with E-state index in [-0.39, 0.29) is 0 Å². The van der Waals surface area contributed by atoms with Crippen molar-refractivity contribution in [3.8, 4) is 28.3 Å². The fourth-order valence-electron chi connectivity index (χ4n) is 2.36. The van der Waals surface area contributed by atoms with Gasteiger partial charge in [-0.15, -0.1) is 0 Å². The minimum Gasteiger partial charge on any atom is -0.494 e. The maximum absolute atomic E-state index is 5.57. The van der Waals surface area contributed by atoms with E-state index < -0.39 is 0 Å². The van der Waals surface area contributed by atoms with E-state index in [0.717, 1.165) is 34.0 Å². The van der Waals surface area contributed by atoms with Gasteiger partial charge < -0.3 is 4.74 Å². The number of aromatic amines is 1. The van der Waals surface area contributed by atoms with Gasteiger partial charge in [0.2, 0.25) is 0 Å². The van der Waals surface area contributed by atoms with Crippen LogP contribution in [0.3, 0.4) is 0 Å². The van der Waals surface area contributed by atoms with Crippen LogP contribution in [0, 0.1) is 6.92 Å². The van der Waals surface area contributed by atoms with Gasteiger partial charge in [-0.2, -0.15) is 5.10 Å². The summed E-state index contributed by atoms with van der Waals surface area (Å²) < 4.78 is 5.57. The van der Waals surface area contributed by atoms with Crippen LogP contribution >= 0.6 is 0 Å². The summed E-state index contributed by atoms with van der Waals surface area (Å²) in [7, 11) is 0. The van der Waals surface area contributed by atoms with Crippen molar-refractivity contribution in [2.45, 2.75) is 13.8 Å². The molecule has 1 aromatic carbocycles. The molecule has 106 valence electrons. The quantitative estimate of drug-likeness (QED) is 0.789. The van der Waals surface area contributed by atoms with Gasteiger partial charge in [0.15, 0.2) is 0 Å². The number of nitrogens with zero attached hydrogens (tertiary/aromatic N) is 2. The zero-order valence-corrected chi connectivity index (χ0v) is 12.1. The molecule has 4 heteroatoms. The second-order valence-corrected chi connectivity index (χ2v) is 4.75. The normalized spacial score (nSPS) is 10.6. The van der Waals surface area contributed by atoms with Crippen LogP contribution in [0.25, 0.3) is 22.5 Å². The van der Waals surface area contributed by atoms with Gasteiger partial charge in [-0.05, 0) is 38.1 Å². The number of pyridine rings is 1. The maximum Gasteiger partial charge on any atom is 0.119 e. The van der Waals surface area contributed by atoms with Crippen molar-refractivity contribution in [2.24, 2.45) is 0 Å². The summed E-state index contributed by atoms with van der Waals surface area (Å²) in [5.41, 5.74) is 4.87. The van der Waals surface area contributed by atoms with Gasteiger partial charge in [0.1, 0.15) is 11.4 Å². The van der Waals surface area contributed by atoms with Crippen LogP contribution in [0.15, 0.2) is 48.7 Å². The van der Waals surface area contributed by atoms with Crippen molar-refractivity contribution in [1.82, 2.24) is 15.2 Å². The van der Waals surface area contributed by atoms with E-state index in [1.807, 2.05) is 56.3 Å². The van der Waals surface area contributed by atoms with E-state index in [4.69, 9.17) is 4.74 Å². The molecule has 0 amide bonds. The molecule has 0 radical (unpaired) electrons. The third-order valence-electron chi connectivity index (χ3n) is 3.29. The molecule has 4 nitrogen and oxygen atoms in total. The Bertz CT molecular complexity index is 735. The summed E-state index contributed by atoms with van der Waals surface area (Å²) in [5.74, 6) is 0.850. The molecule has 0 saturated heterocycles. The molecule has 0 unspecified atom stereocenters. The number of benzene rings is 1.